The number of morpholine rings is 1. The molecule has 6 nitrogen and oxygen atoms in total. The van der Waals surface area contributed by atoms with Crippen LogP contribution in [0.2, 0.25) is 0 Å². The van der Waals surface area contributed by atoms with Crippen molar-refractivity contribution in [3.63, 3.8) is 0 Å². The van der Waals surface area contributed by atoms with E-state index in [0.717, 1.165) is 11.8 Å². The molecule has 0 aliphatic carbocycles. The van der Waals surface area contributed by atoms with Gasteiger partial charge in [0.1, 0.15) is 18.5 Å². The SMILES string of the molecule is CS(=O)(=O)Oc1ccc(C2CNC(=O)CO2)cc1. The molecule has 1 amide bonds. The molecule has 0 bridgehead atoms. The number of benzene rings is 1. The fourth-order valence-corrected chi connectivity index (χ4v) is 2.08. The number of carbonyl (C=O) groups excluding carboxylic acids is 1. The molecule has 18 heavy (non-hydrogen) atoms. The van der Waals surface area contributed by atoms with Gasteiger partial charge >= 0.3 is 10.1 Å². The minimum absolute atomic E-state index is 0.0340. The summed E-state index contributed by atoms with van der Waals surface area (Å²) in [6, 6.07) is 6.53. The maximum Gasteiger partial charge on any atom is 0.306 e. The monoisotopic (exact) mass is 271 g/mol. The van der Waals surface area contributed by atoms with Gasteiger partial charge in [-0.2, -0.15) is 8.42 Å². The predicted octanol–water partition coefficient (Wildman–Crippen LogP) is 0.212. The van der Waals surface area contributed by atoms with Crippen molar-refractivity contribution in [2.24, 2.45) is 0 Å². The van der Waals surface area contributed by atoms with Gasteiger partial charge in [0.05, 0.1) is 6.26 Å². The zero-order valence-electron chi connectivity index (χ0n) is 9.75. The third kappa shape index (κ3) is 3.44. The van der Waals surface area contributed by atoms with Crippen molar-refractivity contribution < 1.29 is 22.1 Å². The average Bonchev–Trinajstić information content (AvgIpc) is 2.29. The smallest absolute Gasteiger partial charge is 0.306 e. The molecule has 0 saturated carbocycles. The van der Waals surface area contributed by atoms with E-state index in [4.69, 9.17) is 8.92 Å². The highest BCUT2D eigenvalue weighted by molar-refractivity contribution is 7.86. The zero-order valence-corrected chi connectivity index (χ0v) is 10.6. The summed E-state index contributed by atoms with van der Waals surface area (Å²) >= 11 is 0. The molecule has 2 rings (SSSR count). The van der Waals surface area contributed by atoms with Crippen LogP contribution in [0.15, 0.2) is 24.3 Å². The molecule has 0 spiro atoms. The molecule has 1 aliphatic heterocycles. The van der Waals surface area contributed by atoms with Gasteiger partial charge in [-0.3, -0.25) is 4.79 Å². The number of rotatable bonds is 3. The molecule has 1 aliphatic rings. The predicted molar refractivity (Wildman–Crippen MR) is 63.6 cm³/mol. The highest BCUT2D eigenvalue weighted by Gasteiger charge is 2.20. The van der Waals surface area contributed by atoms with Crippen molar-refractivity contribution in [1.29, 1.82) is 0 Å². The van der Waals surface area contributed by atoms with Gasteiger partial charge in [0, 0.05) is 6.54 Å². The summed E-state index contributed by atoms with van der Waals surface area (Å²) in [6.07, 6.45) is 0.774. The van der Waals surface area contributed by atoms with Crippen molar-refractivity contribution in [2.45, 2.75) is 6.10 Å². The van der Waals surface area contributed by atoms with E-state index in [2.05, 4.69) is 5.32 Å². The van der Waals surface area contributed by atoms with E-state index in [9.17, 15) is 13.2 Å². The Morgan fingerprint density at radius 3 is 2.50 bits per heavy atom. The topological polar surface area (TPSA) is 81.7 Å². The number of nitrogens with one attached hydrogen (secondary N) is 1. The van der Waals surface area contributed by atoms with Gasteiger partial charge in [-0.15, -0.1) is 0 Å². The number of hydrogen-bond acceptors (Lipinski definition) is 5. The minimum Gasteiger partial charge on any atom is -0.383 e. The van der Waals surface area contributed by atoms with Crippen LogP contribution in [0.1, 0.15) is 11.7 Å². The molecule has 1 fully saturated rings. The van der Waals surface area contributed by atoms with Crippen LogP contribution in [0.3, 0.4) is 0 Å². The van der Waals surface area contributed by atoms with E-state index in [1.165, 1.54) is 0 Å². The van der Waals surface area contributed by atoms with E-state index < -0.39 is 10.1 Å². The van der Waals surface area contributed by atoms with Crippen molar-refractivity contribution in [1.82, 2.24) is 5.32 Å². The minimum atomic E-state index is -3.51. The van der Waals surface area contributed by atoms with Crippen molar-refractivity contribution >= 4 is 16.0 Å². The standard InChI is InChI=1S/C11H13NO5S/c1-18(14,15)17-9-4-2-8(3-5-9)10-6-12-11(13)7-16-10/h2-5,10H,6-7H2,1H3,(H,12,13). The maximum absolute atomic E-state index is 10.9. The normalized spacial score (nSPS) is 20.3. The Bertz CT molecular complexity index is 527. The Hall–Kier alpha value is -1.60. The second-order valence-electron chi connectivity index (χ2n) is 3.96. The van der Waals surface area contributed by atoms with Crippen LogP contribution in [0.4, 0.5) is 0 Å². The lowest BCUT2D eigenvalue weighted by atomic mass is 10.1. The quantitative estimate of drug-likeness (QED) is 0.795. The van der Waals surface area contributed by atoms with E-state index in [0.29, 0.717) is 6.54 Å². The van der Waals surface area contributed by atoms with Gasteiger partial charge < -0.3 is 14.2 Å². The van der Waals surface area contributed by atoms with E-state index in [1.54, 1.807) is 24.3 Å². The van der Waals surface area contributed by atoms with Gasteiger partial charge in [-0.1, -0.05) is 12.1 Å². The van der Waals surface area contributed by atoms with Crippen LogP contribution >= 0.6 is 0 Å². The maximum atomic E-state index is 10.9. The molecule has 1 aromatic rings. The fourth-order valence-electron chi connectivity index (χ4n) is 1.62. The summed E-state index contributed by atoms with van der Waals surface area (Å²) < 4.78 is 31.9. The largest absolute Gasteiger partial charge is 0.383 e. The van der Waals surface area contributed by atoms with E-state index in [-0.39, 0.29) is 24.4 Å². The number of carbonyl (C=O) groups is 1. The lowest BCUT2D eigenvalue weighted by Crippen LogP contribution is -2.38. The molecule has 1 N–H and O–H groups in total. The average molecular weight is 271 g/mol. The van der Waals surface area contributed by atoms with E-state index in [1.807, 2.05) is 0 Å². The summed E-state index contributed by atoms with van der Waals surface area (Å²) in [6.45, 7) is 0.442. The first-order chi connectivity index (χ1) is 8.44. The highest BCUT2D eigenvalue weighted by Crippen LogP contribution is 2.22. The fraction of sp³-hybridized carbons (Fsp3) is 0.364. The molecule has 1 unspecified atom stereocenters. The lowest BCUT2D eigenvalue weighted by molar-refractivity contribution is -0.133. The molecule has 0 aromatic heterocycles. The molecule has 1 heterocycles. The first-order valence-corrected chi connectivity index (χ1v) is 7.13. The van der Waals surface area contributed by atoms with Gasteiger partial charge in [-0.05, 0) is 17.7 Å². The molecule has 0 radical (unpaired) electrons. The Morgan fingerprint density at radius 2 is 2.00 bits per heavy atom. The van der Waals surface area contributed by atoms with Crippen molar-refractivity contribution in [3.05, 3.63) is 29.8 Å². The second kappa shape index (κ2) is 4.95. The Labute approximate surface area is 105 Å². The second-order valence-corrected chi connectivity index (χ2v) is 5.54. The summed E-state index contributed by atoms with van der Waals surface area (Å²) in [5, 5.41) is 2.69. The molecule has 1 saturated heterocycles. The summed E-state index contributed by atoms with van der Waals surface area (Å²) in [4.78, 5) is 10.9. The van der Waals surface area contributed by atoms with E-state index >= 15 is 0 Å². The van der Waals surface area contributed by atoms with Crippen LogP contribution in [-0.2, 0) is 19.6 Å². The number of hydrogen-bond donors (Lipinski definition) is 1. The number of ether oxygens (including phenoxy) is 1. The van der Waals surface area contributed by atoms with Crippen molar-refractivity contribution in [3.8, 4) is 5.75 Å². The molecule has 98 valence electrons. The van der Waals surface area contributed by atoms with Crippen molar-refractivity contribution in [2.75, 3.05) is 19.4 Å². The van der Waals surface area contributed by atoms with Gasteiger partial charge in [-0.25, -0.2) is 0 Å². The summed E-state index contributed by atoms with van der Waals surface area (Å²) in [5.74, 6) is 0.115. The summed E-state index contributed by atoms with van der Waals surface area (Å²) in [7, 11) is -3.51. The highest BCUT2D eigenvalue weighted by atomic mass is 32.2. The molecular weight excluding hydrogens is 258 g/mol. The van der Waals surface area contributed by atoms with Crippen LogP contribution in [0.25, 0.3) is 0 Å². The van der Waals surface area contributed by atoms with Crippen LogP contribution < -0.4 is 9.50 Å². The number of amides is 1. The molecule has 1 atom stereocenters. The Balaban J connectivity index is 2.06. The first-order valence-electron chi connectivity index (χ1n) is 5.32. The zero-order chi connectivity index (χ0) is 13.2. The Morgan fingerprint density at radius 1 is 1.33 bits per heavy atom. The first kappa shape index (κ1) is 12.8. The van der Waals surface area contributed by atoms with Crippen LogP contribution in [-0.4, -0.2) is 33.7 Å². The third-order valence-corrected chi connectivity index (χ3v) is 2.89. The van der Waals surface area contributed by atoms with Gasteiger partial charge in [0.2, 0.25) is 5.91 Å². The van der Waals surface area contributed by atoms with Gasteiger partial charge in [0.25, 0.3) is 0 Å². The summed E-state index contributed by atoms with van der Waals surface area (Å²) in [5.41, 5.74) is 0.857. The lowest BCUT2D eigenvalue weighted by Gasteiger charge is -2.23. The van der Waals surface area contributed by atoms with Gasteiger partial charge in [0.15, 0.2) is 0 Å². The molecular formula is C11H13NO5S. The van der Waals surface area contributed by atoms with Crippen LogP contribution in [0.5, 0.6) is 5.75 Å². The molecule has 1 aromatic carbocycles. The Kier molecular flexibility index (Phi) is 3.53. The molecule has 7 heteroatoms. The van der Waals surface area contributed by atoms with Crippen LogP contribution in [0, 0.1) is 0 Å². The third-order valence-electron chi connectivity index (χ3n) is 2.40.